The highest BCUT2D eigenvalue weighted by molar-refractivity contribution is 7.89. The summed E-state index contributed by atoms with van der Waals surface area (Å²) in [6, 6.07) is 6.66. The van der Waals surface area contributed by atoms with Gasteiger partial charge < -0.3 is 10.1 Å². The van der Waals surface area contributed by atoms with Crippen molar-refractivity contribution in [2.45, 2.75) is 17.9 Å². The van der Waals surface area contributed by atoms with Crippen LogP contribution in [0.15, 0.2) is 29.2 Å². The molecule has 5 nitrogen and oxygen atoms in total. The molecule has 1 saturated carbocycles. The van der Waals surface area contributed by atoms with Crippen molar-refractivity contribution in [1.29, 1.82) is 0 Å². The number of hydrogen-bond acceptors (Lipinski definition) is 4. The van der Waals surface area contributed by atoms with E-state index < -0.39 is 10.0 Å². The highest BCUT2D eigenvalue weighted by atomic mass is 32.2. The van der Waals surface area contributed by atoms with Crippen LogP contribution in [0.3, 0.4) is 0 Å². The Hall–Kier alpha value is -1.11. The van der Waals surface area contributed by atoms with Gasteiger partial charge in [-0.2, -0.15) is 0 Å². The highest BCUT2D eigenvalue weighted by Gasteiger charge is 2.54. The molecule has 2 atom stereocenters. The normalized spacial score (nSPS) is 29.0. The van der Waals surface area contributed by atoms with Gasteiger partial charge in [0, 0.05) is 6.04 Å². The first-order valence-corrected chi connectivity index (χ1v) is 8.06. The molecule has 0 spiro atoms. The van der Waals surface area contributed by atoms with Crippen molar-refractivity contribution in [3.05, 3.63) is 24.3 Å². The SMILES string of the molecule is CCOc1ccc(S(=O)(=O)NC2C3CNCC32)cc1. The van der Waals surface area contributed by atoms with Crippen LogP contribution in [-0.2, 0) is 10.0 Å². The molecule has 0 amide bonds. The maximum Gasteiger partial charge on any atom is 0.240 e. The molecule has 2 aliphatic rings. The molecule has 2 fully saturated rings. The van der Waals surface area contributed by atoms with E-state index in [9.17, 15) is 8.42 Å². The van der Waals surface area contributed by atoms with Crippen molar-refractivity contribution in [3.8, 4) is 5.75 Å². The molecule has 104 valence electrons. The number of nitrogens with one attached hydrogen (secondary N) is 2. The number of fused-ring (bicyclic) bond motifs is 1. The Morgan fingerprint density at radius 2 is 1.89 bits per heavy atom. The van der Waals surface area contributed by atoms with E-state index >= 15 is 0 Å². The molecule has 1 aromatic rings. The van der Waals surface area contributed by atoms with Gasteiger partial charge in [0.1, 0.15) is 5.75 Å². The van der Waals surface area contributed by atoms with Crippen LogP contribution in [0.5, 0.6) is 5.75 Å². The molecule has 3 rings (SSSR count). The van der Waals surface area contributed by atoms with Gasteiger partial charge in [0.15, 0.2) is 0 Å². The lowest BCUT2D eigenvalue weighted by atomic mass is 10.3. The van der Waals surface area contributed by atoms with Gasteiger partial charge in [-0.15, -0.1) is 0 Å². The summed E-state index contributed by atoms with van der Waals surface area (Å²) >= 11 is 0. The number of benzene rings is 1. The van der Waals surface area contributed by atoms with Crippen molar-refractivity contribution < 1.29 is 13.2 Å². The molecule has 0 radical (unpaired) electrons. The van der Waals surface area contributed by atoms with E-state index in [2.05, 4.69) is 10.0 Å². The summed E-state index contributed by atoms with van der Waals surface area (Å²) in [6.45, 7) is 4.30. The number of piperidine rings is 1. The Kier molecular flexibility index (Phi) is 3.24. The fraction of sp³-hybridized carbons (Fsp3) is 0.538. The van der Waals surface area contributed by atoms with Gasteiger partial charge in [-0.1, -0.05) is 0 Å². The predicted molar refractivity (Wildman–Crippen MR) is 71.6 cm³/mol. The van der Waals surface area contributed by atoms with Crippen LogP contribution in [0.25, 0.3) is 0 Å². The molecular formula is C13H18N2O3S. The molecular weight excluding hydrogens is 264 g/mol. The van der Waals surface area contributed by atoms with E-state index in [0.29, 0.717) is 29.1 Å². The Bertz CT molecular complexity index is 546. The van der Waals surface area contributed by atoms with Crippen molar-refractivity contribution >= 4 is 10.0 Å². The number of rotatable bonds is 5. The van der Waals surface area contributed by atoms with Crippen molar-refractivity contribution in [2.75, 3.05) is 19.7 Å². The number of hydrogen-bond donors (Lipinski definition) is 2. The monoisotopic (exact) mass is 282 g/mol. The van der Waals surface area contributed by atoms with Crippen LogP contribution < -0.4 is 14.8 Å². The third kappa shape index (κ3) is 2.48. The standard InChI is InChI=1S/C13H18N2O3S/c1-2-18-9-3-5-10(6-4-9)19(16,17)15-13-11-7-14-8-12(11)13/h3-6,11-15H,2,7-8H2,1H3. The second-order valence-corrected chi connectivity index (χ2v) is 6.75. The first-order chi connectivity index (χ1) is 9.12. The third-order valence-corrected chi connectivity index (χ3v) is 5.30. The second-order valence-electron chi connectivity index (χ2n) is 5.04. The highest BCUT2D eigenvalue weighted by Crippen LogP contribution is 2.42. The minimum Gasteiger partial charge on any atom is -0.494 e. The zero-order chi connectivity index (χ0) is 13.5. The summed E-state index contributed by atoms with van der Waals surface area (Å²) in [5.41, 5.74) is 0. The van der Waals surface area contributed by atoms with E-state index in [4.69, 9.17) is 4.74 Å². The Morgan fingerprint density at radius 1 is 1.26 bits per heavy atom. The molecule has 1 saturated heterocycles. The predicted octanol–water partition coefficient (Wildman–Crippen LogP) is 0.581. The molecule has 1 aliphatic carbocycles. The molecule has 0 aromatic heterocycles. The van der Waals surface area contributed by atoms with Crippen LogP contribution in [0.1, 0.15) is 6.92 Å². The summed E-state index contributed by atoms with van der Waals surface area (Å²) < 4.78 is 32.5. The molecule has 19 heavy (non-hydrogen) atoms. The van der Waals surface area contributed by atoms with Crippen molar-refractivity contribution in [1.82, 2.24) is 10.0 Å². The first-order valence-electron chi connectivity index (χ1n) is 6.58. The van der Waals surface area contributed by atoms with Gasteiger partial charge in [-0.05, 0) is 56.1 Å². The van der Waals surface area contributed by atoms with Crippen LogP contribution in [0.4, 0.5) is 0 Å². The fourth-order valence-corrected chi connectivity index (χ4v) is 4.06. The Labute approximate surface area is 113 Å². The largest absolute Gasteiger partial charge is 0.494 e. The maximum atomic E-state index is 12.2. The van der Waals surface area contributed by atoms with Crippen LogP contribution in [0, 0.1) is 11.8 Å². The zero-order valence-corrected chi connectivity index (χ0v) is 11.6. The lowest BCUT2D eigenvalue weighted by Gasteiger charge is -2.09. The summed E-state index contributed by atoms with van der Waals surface area (Å²) in [7, 11) is -3.40. The van der Waals surface area contributed by atoms with E-state index in [-0.39, 0.29) is 6.04 Å². The quantitative estimate of drug-likeness (QED) is 0.829. The maximum absolute atomic E-state index is 12.2. The summed E-state index contributed by atoms with van der Waals surface area (Å²) in [5.74, 6) is 1.63. The second kappa shape index (κ2) is 4.77. The molecule has 2 N–H and O–H groups in total. The zero-order valence-electron chi connectivity index (χ0n) is 10.8. The van der Waals surface area contributed by atoms with E-state index in [1.54, 1.807) is 24.3 Å². The summed E-state index contributed by atoms with van der Waals surface area (Å²) in [4.78, 5) is 0.300. The minimum atomic E-state index is -3.40. The molecule has 2 unspecified atom stereocenters. The third-order valence-electron chi connectivity index (χ3n) is 3.83. The van der Waals surface area contributed by atoms with Crippen molar-refractivity contribution in [3.63, 3.8) is 0 Å². The Balaban J connectivity index is 1.69. The number of sulfonamides is 1. The van der Waals surface area contributed by atoms with E-state index in [1.165, 1.54) is 0 Å². The molecule has 0 bridgehead atoms. The molecule has 1 aliphatic heterocycles. The van der Waals surface area contributed by atoms with Gasteiger partial charge in [-0.25, -0.2) is 13.1 Å². The molecule has 1 heterocycles. The lowest BCUT2D eigenvalue weighted by Crippen LogP contribution is -2.32. The van der Waals surface area contributed by atoms with Gasteiger partial charge in [0.25, 0.3) is 0 Å². The minimum absolute atomic E-state index is 0.109. The van der Waals surface area contributed by atoms with Gasteiger partial charge in [-0.3, -0.25) is 0 Å². The van der Waals surface area contributed by atoms with Crippen LogP contribution in [0.2, 0.25) is 0 Å². The summed E-state index contributed by atoms with van der Waals surface area (Å²) in [5, 5.41) is 3.25. The van der Waals surface area contributed by atoms with Crippen LogP contribution >= 0.6 is 0 Å². The molecule has 6 heteroatoms. The van der Waals surface area contributed by atoms with Gasteiger partial charge >= 0.3 is 0 Å². The smallest absolute Gasteiger partial charge is 0.240 e. The average Bonchev–Trinajstić information content (AvgIpc) is 2.84. The van der Waals surface area contributed by atoms with E-state index in [0.717, 1.165) is 13.1 Å². The van der Waals surface area contributed by atoms with Crippen molar-refractivity contribution in [2.24, 2.45) is 11.8 Å². The fourth-order valence-electron chi connectivity index (χ4n) is 2.72. The van der Waals surface area contributed by atoms with Crippen LogP contribution in [-0.4, -0.2) is 34.2 Å². The van der Waals surface area contributed by atoms with Gasteiger partial charge in [0.05, 0.1) is 11.5 Å². The first kappa shape index (κ1) is 12.9. The van der Waals surface area contributed by atoms with E-state index in [1.807, 2.05) is 6.92 Å². The lowest BCUT2D eigenvalue weighted by molar-refractivity contribution is 0.340. The van der Waals surface area contributed by atoms with Gasteiger partial charge in [0.2, 0.25) is 10.0 Å². The summed E-state index contributed by atoms with van der Waals surface area (Å²) in [6.07, 6.45) is 0. The average molecular weight is 282 g/mol. The topological polar surface area (TPSA) is 67.4 Å². The Morgan fingerprint density at radius 3 is 2.47 bits per heavy atom. The number of ether oxygens (including phenoxy) is 1. The molecule has 1 aromatic carbocycles.